The molecule has 0 N–H and O–H groups in total. The summed E-state index contributed by atoms with van der Waals surface area (Å²) >= 11 is 11.5. The van der Waals surface area contributed by atoms with Gasteiger partial charge in [0.15, 0.2) is 0 Å². The Hall–Kier alpha value is -1.24. The Morgan fingerprint density at radius 3 is 2.73 bits per heavy atom. The normalized spacial score (nSPS) is 9.47. The molecule has 1 rings (SSSR count). The second-order valence-corrected chi connectivity index (χ2v) is 3.34. The summed E-state index contributed by atoms with van der Waals surface area (Å²) in [6, 6.07) is 4.94. The van der Waals surface area contributed by atoms with Gasteiger partial charge >= 0.3 is 5.97 Å². The number of benzene rings is 1. The van der Waals surface area contributed by atoms with E-state index in [1.54, 1.807) is 6.07 Å². The van der Waals surface area contributed by atoms with E-state index >= 15 is 0 Å². The van der Waals surface area contributed by atoms with Crippen LogP contribution in [0.15, 0.2) is 12.1 Å². The van der Waals surface area contributed by atoms with Gasteiger partial charge in [0.1, 0.15) is 6.07 Å². The fourth-order valence-electron chi connectivity index (χ4n) is 1.11. The second-order valence-electron chi connectivity index (χ2n) is 2.70. The first-order valence-corrected chi connectivity index (χ1v) is 4.92. The van der Waals surface area contributed by atoms with Crippen LogP contribution in [0.1, 0.15) is 21.5 Å². The predicted octanol–water partition coefficient (Wildman–Crippen LogP) is 2.74. The molecule has 1 aromatic rings. The number of hydrogen-bond acceptors (Lipinski definition) is 3. The zero-order valence-electron chi connectivity index (χ0n) is 7.88. The number of esters is 1. The quantitative estimate of drug-likeness (QED) is 0.593. The largest absolute Gasteiger partial charge is 0.465 e. The highest BCUT2D eigenvalue weighted by Crippen LogP contribution is 2.25. The van der Waals surface area contributed by atoms with Gasteiger partial charge in [0.2, 0.25) is 0 Å². The van der Waals surface area contributed by atoms with Gasteiger partial charge in [-0.2, -0.15) is 5.26 Å². The Bertz CT molecular complexity index is 438. The molecule has 0 aliphatic carbocycles. The number of nitrogens with zero attached hydrogens (tertiary/aromatic N) is 1. The van der Waals surface area contributed by atoms with E-state index in [2.05, 4.69) is 4.74 Å². The van der Waals surface area contributed by atoms with Crippen molar-refractivity contribution >= 4 is 29.2 Å². The lowest BCUT2D eigenvalue weighted by atomic mass is 10.1. The Labute approximate surface area is 97.2 Å². The number of hydrogen-bond donors (Lipinski definition) is 0. The van der Waals surface area contributed by atoms with Crippen molar-refractivity contribution < 1.29 is 9.53 Å². The average Bonchev–Trinajstić information content (AvgIpc) is 2.27. The maximum atomic E-state index is 11.3. The van der Waals surface area contributed by atoms with Gasteiger partial charge < -0.3 is 4.74 Å². The molecule has 0 amide bonds. The van der Waals surface area contributed by atoms with Crippen LogP contribution in [0, 0.1) is 11.3 Å². The molecule has 0 spiro atoms. The van der Waals surface area contributed by atoms with Crippen LogP contribution in [0.4, 0.5) is 0 Å². The highest BCUT2D eigenvalue weighted by molar-refractivity contribution is 6.33. The molecular formula is C10H7Cl2NO2. The van der Waals surface area contributed by atoms with Gasteiger partial charge in [-0.05, 0) is 11.6 Å². The summed E-state index contributed by atoms with van der Waals surface area (Å²) in [4.78, 5) is 11.3. The van der Waals surface area contributed by atoms with E-state index in [1.807, 2.05) is 6.07 Å². The Morgan fingerprint density at radius 1 is 1.60 bits per heavy atom. The average molecular weight is 244 g/mol. The lowest BCUT2D eigenvalue weighted by Crippen LogP contribution is -2.05. The maximum Gasteiger partial charge on any atom is 0.339 e. The van der Waals surface area contributed by atoms with Crippen LogP contribution < -0.4 is 0 Å². The van der Waals surface area contributed by atoms with Gasteiger partial charge in [-0.15, -0.1) is 11.6 Å². The van der Waals surface area contributed by atoms with Crippen molar-refractivity contribution in [2.45, 2.75) is 5.88 Å². The van der Waals surface area contributed by atoms with Gasteiger partial charge in [0.05, 0.1) is 23.3 Å². The van der Waals surface area contributed by atoms with Crippen LogP contribution in [0.5, 0.6) is 0 Å². The molecule has 0 radical (unpaired) electrons. The van der Waals surface area contributed by atoms with Crippen LogP contribution in [0.25, 0.3) is 0 Å². The molecule has 0 fully saturated rings. The van der Waals surface area contributed by atoms with Crippen LogP contribution in [-0.4, -0.2) is 13.1 Å². The Balaban J connectivity index is 3.39. The zero-order valence-corrected chi connectivity index (χ0v) is 9.39. The van der Waals surface area contributed by atoms with Crippen LogP contribution >= 0.6 is 23.2 Å². The fraction of sp³-hybridized carbons (Fsp3) is 0.200. The molecule has 5 heteroatoms. The van der Waals surface area contributed by atoms with Gasteiger partial charge in [0.25, 0.3) is 0 Å². The SMILES string of the molecule is COC(=O)c1ccc(CCl)c(Cl)c1C#N. The summed E-state index contributed by atoms with van der Waals surface area (Å²) in [5.74, 6) is -0.399. The standard InChI is InChI=1S/C10H7Cl2NO2/c1-15-10(14)7-3-2-6(4-11)9(12)8(7)5-13/h2-3H,4H2,1H3. The van der Waals surface area contributed by atoms with E-state index < -0.39 is 5.97 Å². The molecule has 0 saturated heterocycles. The van der Waals surface area contributed by atoms with E-state index in [1.165, 1.54) is 13.2 Å². The van der Waals surface area contributed by atoms with Crippen molar-refractivity contribution in [2.75, 3.05) is 7.11 Å². The van der Waals surface area contributed by atoms with Crippen LogP contribution in [0.2, 0.25) is 5.02 Å². The highest BCUT2D eigenvalue weighted by Gasteiger charge is 2.16. The Morgan fingerprint density at radius 2 is 2.27 bits per heavy atom. The predicted molar refractivity (Wildman–Crippen MR) is 57.1 cm³/mol. The number of nitriles is 1. The van der Waals surface area contributed by atoms with Gasteiger partial charge in [0, 0.05) is 5.88 Å². The third-order valence-electron chi connectivity index (χ3n) is 1.88. The van der Waals surface area contributed by atoms with E-state index in [-0.39, 0.29) is 22.0 Å². The summed E-state index contributed by atoms with van der Waals surface area (Å²) in [6.07, 6.45) is 0. The first kappa shape index (κ1) is 11.8. The minimum atomic E-state index is -0.588. The van der Waals surface area contributed by atoms with Gasteiger partial charge in [-0.25, -0.2) is 4.79 Å². The van der Waals surface area contributed by atoms with Crippen molar-refractivity contribution in [1.29, 1.82) is 5.26 Å². The third kappa shape index (κ3) is 2.23. The number of carbonyl (C=O) groups is 1. The minimum absolute atomic E-state index is 0.0988. The minimum Gasteiger partial charge on any atom is -0.465 e. The summed E-state index contributed by atoms with van der Waals surface area (Å²) in [7, 11) is 1.24. The maximum absolute atomic E-state index is 11.3. The lowest BCUT2D eigenvalue weighted by Gasteiger charge is -2.06. The summed E-state index contributed by atoms with van der Waals surface area (Å²) in [5, 5.41) is 9.08. The summed E-state index contributed by atoms with van der Waals surface area (Å²) in [6.45, 7) is 0. The molecule has 0 unspecified atom stereocenters. The molecule has 78 valence electrons. The zero-order chi connectivity index (χ0) is 11.4. The topological polar surface area (TPSA) is 50.1 Å². The van der Waals surface area contributed by atoms with Crippen molar-refractivity contribution in [3.63, 3.8) is 0 Å². The molecule has 0 bridgehead atoms. The molecule has 0 aromatic heterocycles. The monoisotopic (exact) mass is 243 g/mol. The van der Waals surface area contributed by atoms with E-state index in [0.29, 0.717) is 5.56 Å². The van der Waals surface area contributed by atoms with Crippen LogP contribution in [0.3, 0.4) is 0 Å². The number of rotatable bonds is 2. The smallest absolute Gasteiger partial charge is 0.339 e. The molecular weight excluding hydrogens is 237 g/mol. The molecule has 0 atom stereocenters. The highest BCUT2D eigenvalue weighted by atomic mass is 35.5. The first-order valence-electron chi connectivity index (χ1n) is 4.01. The second kappa shape index (κ2) is 5.01. The molecule has 0 saturated carbocycles. The summed E-state index contributed by atoms with van der Waals surface area (Å²) < 4.78 is 4.53. The first-order chi connectivity index (χ1) is 7.15. The molecule has 3 nitrogen and oxygen atoms in total. The third-order valence-corrected chi connectivity index (χ3v) is 2.60. The molecule has 0 aliphatic rings. The van der Waals surface area contributed by atoms with E-state index in [4.69, 9.17) is 28.5 Å². The van der Waals surface area contributed by atoms with Gasteiger partial charge in [-0.3, -0.25) is 0 Å². The molecule has 0 aliphatic heterocycles. The number of alkyl halides is 1. The van der Waals surface area contributed by atoms with E-state index in [0.717, 1.165) is 0 Å². The van der Waals surface area contributed by atoms with Crippen molar-refractivity contribution in [2.24, 2.45) is 0 Å². The van der Waals surface area contributed by atoms with Crippen molar-refractivity contribution in [1.82, 2.24) is 0 Å². The fourth-order valence-corrected chi connectivity index (χ4v) is 1.68. The van der Waals surface area contributed by atoms with Gasteiger partial charge in [-0.1, -0.05) is 17.7 Å². The van der Waals surface area contributed by atoms with Crippen molar-refractivity contribution in [3.8, 4) is 6.07 Å². The number of methoxy groups -OCH3 is 1. The number of halogens is 2. The number of ether oxygens (including phenoxy) is 1. The lowest BCUT2D eigenvalue weighted by molar-refractivity contribution is 0.0600. The molecule has 15 heavy (non-hydrogen) atoms. The molecule has 0 heterocycles. The van der Waals surface area contributed by atoms with Crippen molar-refractivity contribution in [3.05, 3.63) is 33.8 Å². The summed E-state index contributed by atoms with van der Waals surface area (Å²) in [5.41, 5.74) is 0.864. The van der Waals surface area contributed by atoms with E-state index in [9.17, 15) is 4.79 Å². The Kier molecular flexibility index (Phi) is 3.96. The van der Waals surface area contributed by atoms with Crippen LogP contribution in [-0.2, 0) is 10.6 Å². The number of carbonyl (C=O) groups excluding carboxylic acids is 1. The molecule has 1 aromatic carbocycles.